The van der Waals surface area contributed by atoms with Crippen LogP contribution < -0.4 is 24.4 Å². The highest BCUT2D eigenvalue weighted by Crippen LogP contribution is 2.33. The molecule has 0 heterocycles. The molecule has 0 aliphatic carbocycles. The zero-order chi connectivity index (χ0) is 19.8. The van der Waals surface area contributed by atoms with Gasteiger partial charge in [0.05, 0.1) is 27.5 Å². The molecule has 0 saturated heterocycles. The standard InChI is InChI=1S/C20H24N2O5/c1-13-6-7-16(8-14(13)2)27-12-20(23)22-21-11-15-9-18(25-4)19(26-5)10-17(15)24-3/h6-11H,12H2,1-5H3,(H,22,23)/b21-11-. The van der Waals surface area contributed by atoms with Gasteiger partial charge >= 0.3 is 0 Å². The van der Waals surface area contributed by atoms with Crippen LogP contribution >= 0.6 is 0 Å². The highest BCUT2D eigenvalue weighted by molar-refractivity contribution is 5.86. The van der Waals surface area contributed by atoms with Gasteiger partial charge < -0.3 is 18.9 Å². The van der Waals surface area contributed by atoms with Crippen LogP contribution in [-0.2, 0) is 4.79 Å². The number of aryl methyl sites for hydroxylation is 2. The Morgan fingerprint density at radius 2 is 1.63 bits per heavy atom. The topological polar surface area (TPSA) is 78.4 Å². The van der Waals surface area contributed by atoms with Gasteiger partial charge in [0, 0.05) is 11.6 Å². The van der Waals surface area contributed by atoms with Crippen molar-refractivity contribution >= 4 is 12.1 Å². The van der Waals surface area contributed by atoms with Crippen LogP contribution in [0.1, 0.15) is 16.7 Å². The van der Waals surface area contributed by atoms with Gasteiger partial charge in [-0.1, -0.05) is 6.07 Å². The normalized spacial score (nSPS) is 10.6. The summed E-state index contributed by atoms with van der Waals surface area (Å²) in [5.41, 5.74) is 5.32. The Morgan fingerprint density at radius 1 is 0.963 bits per heavy atom. The molecule has 7 heteroatoms. The summed E-state index contributed by atoms with van der Waals surface area (Å²) < 4.78 is 21.3. The molecule has 0 aliphatic heterocycles. The van der Waals surface area contributed by atoms with E-state index >= 15 is 0 Å². The van der Waals surface area contributed by atoms with Crippen LogP contribution in [0, 0.1) is 13.8 Å². The van der Waals surface area contributed by atoms with Crippen molar-refractivity contribution in [3.63, 3.8) is 0 Å². The van der Waals surface area contributed by atoms with Crippen LogP contribution in [0.5, 0.6) is 23.0 Å². The predicted molar refractivity (Wildman–Crippen MR) is 103 cm³/mol. The van der Waals surface area contributed by atoms with Gasteiger partial charge in [-0.05, 0) is 43.2 Å². The molecule has 1 amide bonds. The molecule has 7 nitrogen and oxygen atoms in total. The van der Waals surface area contributed by atoms with Crippen molar-refractivity contribution in [3.8, 4) is 23.0 Å². The molecule has 0 aliphatic rings. The first-order chi connectivity index (χ1) is 13.0. The summed E-state index contributed by atoms with van der Waals surface area (Å²) in [5, 5.41) is 3.94. The molecule has 0 fully saturated rings. The van der Waals surface area contributed by atoms with Gasteiger partial charge in [-0.3, -0.25) is 4.79 Å². The number of hydrogen-bond acceptors (Lipinski definition) is 6. The lowest BCUT2D eigenvalue weighted by Gasteiger charge is -2.11. The first kappa shape index (κ1) is 20.1. The van der Waals surface area contributed by atoms with Crippen LogP contribution in [0.25, 0.3) is 0 Å². The highest BCUT2D eigenvalue weighted by atomic mass is 16.5. The van der Waals surface area contributed by atoms with Crippen molar-refractivity contribution in [2.75, 3.05) is 27.9 Å². The Labute approximate surface area is 158 Å². The number of carbonyl (C=O) groups is 1. The number of rotatable bonds is 8. The van der Waals surface area contributed by atoms with Gasteiger partial charge in [0.2, 0.25) is 0 Å². The minimum atomic E-state index is -0.371. The van der Waals surface area contributed by atoms with E-state index in [-0.39, 0.29) is 12.5 Å². The number of amides is 1. The zero-order valence-electron chi connectivity index (χ0n) is 16.2. The van der Waals surface area contributed by atoms with Crippen molar-refractivity contribution in [2.24, 2.45) is 5.10 Å². The summed E-state index contributed by atoms with van der Waals surface area (Å²) in [6.07, 6.45) is 1.47. The lowest BCUT2D eigenvalue weighted by Crippen LogP contribution is -2.24. The Bertz CT molecular complexity index is 833. The van der Waals surface area contributed by atoms with Gasteiger partial charge in [0.1, 0.15) is 11.5 Å². The third kappa shape index (κ3) is 5.37. The average Bonchev–Trinajstić information content (AvgIpc) is 2.68. The lowest BCUT2D eigenvalue weighted by molar-refractivity contribution is -0.123. The van der Waals surface area contributed by atoms with Crippen molar-refractivity contribution in [2.45, 2.75) is 13.8 Å². The first-order valence-corrected chi connectivity index (χ1v) is 8.30. The molecule has 0 unspecified atom stereocenters. The van der Waals surface area contributed by atoms with E-state index in [4.69, 9.17) is 18.9 Å². The molecule has 0 saturated carbocycles. The second-order valence-corrected chi connectivity index (χ2v) is 5.78. The van der Waals surface area contributed by atoms with E-state index in [2.05, 4.69) is 10.5 Å². The first-order valence-electron chi connectivity index (χ1n) is 8.30. The summed E-state index contributed by atoms with van der Waals surface area (Å²) in [6.45, 7) is 3.87. The molecule has 2 aromatic rings. The van der Waals surface area contributed by atoms with Crippen LogP contribution in [0.15, 0.2) is 35.4 Å². The second-order valence-electron chi connectivity index (χ2n) is 5.78. The summed E-state index contributed by atoms with van der Waals surface area (Å²) >= 11 is 0. The smallest absolute Gasteiger partial charge is 0.277 e. The van der Waals surface area contributed by atoms with Gasteiger partial charge in [-0.2, -0.15) is 5.10 Å². The van der Waals surface area contributed by atoms with Crippen molar-refractivity contribution in [3.05, 3.63) is 47.0 Å². The Morgan fingerprint density at radius 3 is 2.26 bits per heavy atom. The number of methoxy groups -OCH3 is 3. The number of nitrogens with zero attached hydrogens (tertiary/aromatic N) is 1. The minimum Gasteiger partial charge on any atom is -0.496 e. The monoisotopic (exact) mass is 372 g/mol. The maximum Gasteiger partial charge on any atom is 0.277 e. The van der Waals surface area contributed by atoms with Crippen LogP contribution in [0.3, 0.4) is 0 Å². The molecule has 0 spiro atoms. The fourth-order valence-electron chi connectivity index (χ4n) is 2.31. The predicted octanol–water partition coefficient (Wildman–Crippen LogP) is 2.86. The molecule has 27 heavy (non-hydrogen) atoms. The molecular formula is C20H24N2O5. The molecule has 144 valence electrons. The van der Waals surface area contributed by atoms with E-state index in [0.29, 0.717) is 28.6 Å². The van der Waals surface area contributed by atoms with E-state index in [1.54, 1.807) is 19.2 Å². The van der Waals surface area contributed by atoms with Crippen molar-refractivity contribution < 1.29 is 23.7 Å². The fourth-order valence-corrected chi connectivity index (χ4v) is 2.31. The summed E-state index contributed by atoms with van der Waals surface area (Å²) in [7, 11) is 4.62. The van der Waals surface area contributed by atoms with Crippen molar-refractivity contribution in [1.29, 1.82) is 0 Å². The Kier molecular flexibility index (Phi) is 7.05. The second kappa shape index (κ2) is 9.47. The van der Waals surface area contributed by atoms with Gasteiger partial charge in [0.25, 0.3) is 5.91 Å². The molecule has 0 aromatic heterocycles. The van der Waals surface area contributed by atoms with Crippen LogP contribution in [0.2, 0.25) is 0 Å². The minimum absolute atomic E-state index is 0.136. The van der Waals surface area contributed by atoms with Crippen molar-refractivity contribution in [1.82, 2.24) is 5.43 Å². The third-order valence-corrected chi connectivity index (χ3v) is 3.98. The molecule has 2 rings (SSSR count). The lowest BCUT2D eigenvalue weighted by atomic mass is 10.1. The largest absolute Gasteiger partial charge is 0.496 e. The molecule has 1 N–H and O–H groups in total. The van der Waals surface area contributed by atoms with Gasteiger partial charge in [0.15, 0.2) is 18.1 Å². The Balaban J connectivity index is 1.97. The van der Waals surface area contributed by atoms with Crippen LogP contribution in [-0.4, -0.2) is 40.1 Å². The van der Waals surface area contributed by atoms with Gasteiger partial charge in [-0.15, -0.1) is 0 Å². The summed E-state index contributed by atoms with van der Waals surface area (Å²) in [6, 6.07) is 9.06. The summed E-state index contributed by atoms with van der Waals surface area (Å²) in [5.74, 6) is 1.88. The molecule has 0 radical (unpaired) electrons. The maximum atomic E-state index is 11.9. The molecule has 0 atom stereocenters. The maximum absolute atomic E-state index is 11.9. The van der Waals surface area contributed by atoms with E-state index in [1.165, 1.54) is 26.0 Å². The fraction of sp³-hybridized carbons (Fsp3) is 0.300. The Hall–Kier alpha value is -3.22. The number of hydrazone groups is 1. The quantitative estimate of drug-likeness (QED) is 0.569. The molecule has 2 aromatic carbocycles. The average molecular weight is 372 g/mol. The molecule has 0 bridgehead atoms. The highest BCUT2D eigenvalue weighted by Gasteiger charge is 2.10. The van der Waals surface area contributed by atoms with Crippen LogP contribution in [0.4, 0.5) is 0 Å². The van der Waals surface area contributed by atoms with E-state index in [0.717, 1.165) is 5.56 Å². The zero-order valence-corrected chi connectivity index (χ0v) is 16.2. The number of carbonyl (C=O) groups excluding carboxylic acids is 1. The number of ether oxygens (including phenoxy) is 4. The number of benzene rings is 2. The number of nitrogens with one attached hydrogen (secondary N) is 1. The summed E-state index contributed by atoms with van der Waals surface area (Å²) in [4.78, 5) is 11.9. The molecular weight excluding hydrogens is 348 g/mol. The van der Waals surface area contributed by atoms with Gasteiger partial charge in [-0.25, -0.2) is 5.43 Å². The van der Waals surface area contributed by atoms with E-state index in [1.807, 2.05) is 32.0 Å². The van der Waals surface area contributed by atoms with E-state index < -0.39 is 0 Å². The van der Waals surface area contributed by atoms with E-state index in [9.17, 15) is 4.79 Å². The number of hydrogen-bond donors (Lipinski definition) is 1. The third-order valence-electron chi connectivity index (χ3n) is 3.98. The SMILES string of the molecule is COc1cc(OC)c(OC)cc1/C=N\NC(=O)COc1ccc(C)c(C)c1.